The zero-order valence-electron chi connectivity index (χ0n) is 47.8. The summed E-state index contributed by atoms with van der Waals surface area (Å²) < 4.78 is 16.8. The second-order valence-corrected chi connectivity index (χ2v) is 19.5. The zero-order chi connectivity index (χ0) is 53.6. The minimum Gasteiger partial charge on any atom is -0.462 e. The molecule has 0 aliphatic carbocycles. The second kappa shape index (κ2) is 61.1. The fraction of sp³-hybridized carbons (Fsp3) is 0.632. The van der Waals surface area contributed by atoms with E-state index in [9.17, 15) is 14.4 Å². The molecule has 0 heterocycles. The molecule has 0 spiro atoms. The van der Waals surface area contributed by atoms with Gasteiger partial charge in [0.05, 0.1) is 0 Å². The van der Waals surface area contributed by atoms with Crippen LogP contribution in [0.25, 0.3) is 0 Å². The summed E-state index contributed by atoms with van der Waals surface area (Å²) in [6.45, 7) is 6.35. The molecule has 1 unspecified atom stereocenters. The van der Waals surface area contributed by atoms with Crippen LogP contribution in [0.5, 0.6) is 0 Å². The molecule has 0 saturated carbocycles. The third-order valence-electron chi connectivity index (χ3n) is 12.4. The van der Waals surface area contributed by atoms with E-state index in [1.165, 1.54) is 83.5 Å². The molecular formula is C68H110O6. The number of hydrogen-bond donors (Lipinski definition) is 0. The summed E-state index contributed by atoms with van der Waals surface area (Å²) in [6, 6.07) is 0. The molecule has 0 bridgehead atoms. The lowest BCUT2D eigenvalue weighted by atomic mass is 10.0. The summed E-state index contributed by atoms with van der Waals surface area (Å²) in [5.74, 6) is -0.994. The molecule has 0 fully saturated rings. The fourth-order valence-electron chi connectivity index (χ4n) is 7.95. The average molecular weight is 1020 g/mol. The Morgan fingerprint density at radius 3 is 0.878 bits per heavy atom. The maximum Gasteiger partial charge on any atom is 0.306 e. The molecule has 0 amide bonds. The van der Waals surface area contributed by atoms with Crippen molar-refractivity contribution in [2.75, 3.05) is 13.2 Å². The van der Waals surface area contributed by atoms with Crippen LogP contribution >= 0.6 is 0 Å². The summed E-state index contributed by atoms with van der Waals surface area (Å²) in [6.07, 6.45) is 85.9. The molecule has 0 aliphatic rings. The highest BCUT2D eigenvalue weighted by Crippen LogP contribution is 2.15. The summed E-state index contributed by atoms with van der Waals surface area (Å²) in [5, 5.41) is 0. The van der Waals surface area contributed by atoms with Crippen molar-refractivity contribution in [1.29, 1.82) is 0 Å². The first-order chi connectivity index (χ1) is 36.5. The minimum atomic E-state index is -0.819. The van der Waals surface area contributed by atoms with E-state index in [0.717, 1.165) is 128 Å². The van der Waals surface area contributed by atoms with Crippen molar-refractivity contribution in [1.82, 2.24) is 0 Å². The van der Waals surface area contributed by atoms with E-state index in [0.29, 0.717) is 12.8 Å². The Hall–Kier alpha value is -4.45. The number of carbonyl (C=O) groups excluding carboxylic acids is 3. The van der Waals surface area contributed by atoms with Gasteiger partial charge in [0.15, 0.2) is 6.10 Å². The number of unbranched alkanes of at least 4 members (excludes halogenated alkanes) is 20. The SMILES string of the molecule is CC/C=C\C/C=C\C/C=C\C/C=C\C/C=C\C/C=C\C/C=C\CCCC(=O)OCC(COC(=O)CCCCCCCCCCCCCCCCCC)OC(=O)CCCCCC/C=C\C/C=C\C/C=C\C/C=C\CC. The zero-order valence-corrected chi connectivity index (χ0v) is 47.8. The van der Waals surface area contributed by atoms with Crippen LogP contribution in [0.4, 0.5) is 0 Å². The lowest BCUT2D eigenvalue weighted by Crippen LogP contribution is -2.30. The Kier molecular flexibility index (Phi) is 57.4. The van der Waals surface area contributed by atoms with Crippen molar-refractivity contribution in [3.8, 4) is 0 Å². The number of hydrogen-bond acceptors (Lipinski definition) is 6. The van der Waals surface area contributed by atoms with Gasteiger partial charge in [-0.25, -0.2) is 0 Å². The molecule has 0 radical (unpaired) electrons. The molecule has 6 heteroatoms. The third-order valence-corrected chi connectivity index (χ3v) is 12.4. The van der Waals surface area contributed by atoms with Gasteiger partial charge < -0.3 is 14.2 Å². The quantitative estimate of drug-likeness (QED) is 0.0261. The predicted molar refractivity (Wildman–Crippen MR) is 320 cm³/mol. The van der Waals surface area contributed by atoms with E-state index < -0.39 is 6.10 Å². The van der Waals surface area contributed by atoms with Gasteiger partial charge >= 0.3 is 17.9 Å². The summed E-state index contributed by atoms with van der Waals surface area (Å²) in [4.78, 5) is 38.2. The fourth-order valence-corrected chi connectivity index (χ4v) is 7.95. The molecule has 0 aromatic carbocycles. The molecule has 0 aromatic heterocycles. The molecule has 0 saturated heterocycles. The Morgan fingerprint density at radius 1 is 0.284 bits per heavy atom. The van der Waals surface area contributed by atoms with E-state index in [1.54, 1.807) is 0 Å². The van der Waals surface area contributed by atoms with Crippen molar-refractivity contribution in [2.45, 2.75) is 264 Å². The second-order valence-electron chi connectivity index (χ2n) is 19.5. The minimum absolute atomic E-state index is 0.108. The Balaban J connectivity index is 4.53. The predicted octanol–water partition coefficient (Wildman–Crippen LogP) is 20.6. The molecule has 6 nitrogen and oxygen atoms in total. The Bertz CT molecular complexity index is 1600. The topological polar surface area (TPSA) is 78.9 Å². The number of ether oxygens (including phenoxy) is 3. The normalized spacial score (nSPS) is 13.1. The smallest absolute Gasteiger partial charge is 0.306 e. The molecule has 0 aliphatic heterocycles. The number of esters is 3. The maximum absolute atomic E-state index is 12.9. The van der Waals surface area contributed by atoms with Gasteiger partial charge in [0.1, 0.15) is 13.2 Å². The maximum atomic E-state index is 12.9. The van der Waals surface area contributed by atoms with E-state index in [1.807, 2.05) is 0 Å². The van der Waals surface area contributed by atoms with Crippen molar-refractivity contribution >= 4 is 17.9 Å². The molecule has 1 atom stereocenters. The van der Waals surface area contributed by atoms with Gasteiger partial charge in [0, 0.05) is 19.3 Å². The first-order valence-electron chi connectivity index (χ1n) is 30.2. The summed E-state index contributed by atoms with van der Waals surface area (Å²) in [7, 11) is 0. The number of carbonyl (C=O) groups is 3. The highest BCUT2D eigenvalue weighted by molar-refractivity contribution is 5.71. The lowest BCUT2D eigenvalue weighted by Gasteiger charge is -2.18. The van der Waals surface area contributed by atoms with Crippen molar-refractivity contribution < 1.29 is 28.6 Å². The van der Waals surface area contributed by atoms with Crippen LogP contribution in [-0.2, 0) is 28.6 Å². The van der Waals surface area contributed by atoms with Crippen LogP contribution in [0.2, 0.25) is 0 Å². The van der Waals surface area contributed by atoms with Crippen LogP contribution in [0, 0.1) is 0 Å². The van der Waals surface area contributed by atoms with Gasteiger partial charge in [-0.1, -0.05) is 264 Å². The summed E-state index contributed by atoms with van der Waals surface area (Å²) >= 11 is 0. The van der Waals surface area contributed by atoms with Gasteiger partial charge in [-0.3, -0.25) is 14.4 Å². The van der Waals surface area contributed by atoms with Gasteiger partial charge in [-0.05, 0) is 109 Å². The van der Waals surface area contributed by atoms with Crippen LogP contribution < -0.4 is 0 Å². The van der Waals surface area contributed by atoms with Crippen molar-refractivity contribution in [3.63, 3.8) is 0 Å². The van der Waals surface area contributed by atoms with Crippen LogP contribution in [0.3, 0.4) is 0 Å². The van der Waals surface area contributed by atoms with Crippen LogP contribution in [0.15, 0.2) is 134 Å². The van der Waals surface area contributed by atoms with Crippen LogP contribution in [-0.4, -0.2) is 37.2 Å². The number of allylic oxidation sites excluding steroid dienone is 22. The highest BCUT2D eigenvalue weighted by Gasteiger charge is 2.19. The molecular weight excluding hydrogens is 913 g/mol. The van der Waals surface area contributed by atoms with Gasteiger partial charge in [0.2, 0.25) is 0 Å². The van der Waals surface area contributed by atoms with E-state index >= 15 is 0 Å². The van der Waals surface area contributed by atoms with E-state index in [-0.39, 0.29) is 44.0 Å². The Labute approximate surface area is 455 Å². The van der Waals surface area contributed by atoms with E-state index in [4.69, 9.17) is 14.2 Å². The molecule has 418 valence electrons. The average Bonchev–Trinajstić information content (AvgIpc) is 3.40. The van der Waals surface area contributed by atoms with Gasteiger partial charge in [-0.2, -0.15) is 0 Å². The molecule has 0 N–H and O–H groups in total. The standard InChI is InChI=1S/C68H110O6/c1-4-7-10-13-16-19-22-25-28-31-32-33-34-35-36-38-40-43-46-49-52-55-58-61-67(70)73-64-65(63-72-66(69)60-57-54-51-48-45-42-39-30-27-24-21-18-15-12-9-6-3)74-68(71)62-59-56-53-50-47-44-41-37-29-26-23-20-17-14-11-8-5-2/h7-8,10-11,16-17,19-20,25-26,28-29,32-33,35-36,40-41,43-44,49,52,65H,4-6,9,12-15,18,21-24,27,30-31,34,37-39,42,45-48,50-51,53-64H2,1-3H3/b10-7-,11-8-,19-16-,20-17-,28-25-,29-26-,33-32-,36-35-,43-40-,44-41-,52-49-. The molecule has 0 aromatic rings. The largest absolute Gasteiger partial charge is 0.462 e. The molecule has 0 rings (SSSR count). The number of rotatable bonds is 53. The monoisotopic (exact) mass is 1020 g/mol. The van der Waals surface area contributed by atoms with E-state index in [2.05, 4.69) is 154 Å². The third kappa shape index (κ3) is 58.4. The van der Waals surface area contributed by atoms with Gasteiger partial charge in [0.25, 0.3) is 0 Å². The molecule has 74 heavy (non-hydrogen) atoms. The highest BCUT2D eigenvalue weighted by atomic mass is 16.6. The van der Waals surface area contributed by atoms with Crippen LogP contribution in [0.1, 0.15) is 258 Å². The first-order valence-corrected chi connectivity index (χ1v) is 30.2. The Morgan fingerprint density at radius 2 is 0.541 bits per heavy atom. The van der Waals surface area contributed by atoms with Crippen molar-refractivity contribution in [2.24, 2.45) is 0 Å². The van der Waals surface area contributed by atoms with Gasteiger partial charge in [-0.15, -0.1) is 0 Å². The summed E-state index contributed by atoms with van der Waals surface area (Å²) in [5.41, 5.74) is 0. The van der Waals surface area contributed by atoms with Crippen molar-refractivity contribution in [3.05, 3.63) is 134 Å². The first kappa shape index (κ1) is 69.5. The lowest BCUT2D eigenvalue weighted by molar-refractivity contribution is -0.167.